The summed E-state index contributed by atoms with van der Waals surface area (Å²) in [6.07, 6.45) is 0. The Morgan fingerprint density at radius 2 is 1.70 bits per heavy atom. The summed E-state index contributed by atoms with van der Waals surface area (Å²) in [6.45, 7) is 9.54. The van der Waals surface area contributed by atoms with Gasteiger partial charge < -0.3 is 10.6 Å². The van der Waals surface area contributed by atoms with Crippen molar-refractivity contribution in [3.8, 4) is 0 Å². The molecule has 1 aromatic heterocycles. The number of aryl methyl sites for hydroxylation is 4. The number of nitrogens with zero attached hydrogens (tertiary/aromatic N) is 2. The van der Waals surface area contributed by atoms with Gasteiger partial charge in [-0.25, -0.2) is 0 Å². The Labute approximate surface area is 181 Å². The molecule has 7 heteroatoms. The molecule has 2 N–H and O–H groups in total. The van der Waals surface area contributed by atoms with Crippen LogP contribution in [0.5, 0.6) is 0 Å². The summed E-state index contributed by atoms with van der Waals surface area (Å²) < 4.78 is 1.68. The second kappa shape index (κ2) is 8.71. The molecule has 0 fully saturated rings. The maximum absolute atomic E-state index is 12.6. The van der Waals surface area contributed by atoms with Crippen LogP contribution in [-0.2, 0) is 4.79 Å². The van der Waals surface area contributed by atoms with Gasteiger partial charge in [0.05, 0.1) is 16.4 Å². The van der Waals surface area contributed by atoms with Crippen LogP contribution in [0.4, 0.5) is 11.4 Å². The number of carbonyl (C=O) groups is 2. The number of halogens is 1. The molecule has 1 unspecified atom stereocenters. The van der Waals surface area contributed by atoms with Crippen LogP contribution in [0.25, 0.3) is 0 Å². The van der Waals surface area contributed by atoms with Gasteiger partial charge in [0, 0.05) is 16.9 Å². The van der Waals surface area contributed by atoms with Gasteiger partial charge in [-0.15, -0.1) is 0 Å². The van der Waals surface area contributed by atoms with Crippen LogP contribution in [0, 0.1) is 27.7 Å². The van der Waals surface area contributed by atoms with Gasteiger partial charge in [-0.1, -0.05) is 17.7 Å². The number of amides is 2. The molecule has 2 aromatic carbocycles. The molecule has 30 heavy (non-hydrogen) atoms. The largest absolute Gasteiger partial charge is 0.323 e. The van der Waals surface area contributed by atoms with E-state index in [2.05, 4.69) is 15.7 Å². The standard InChI is InChI=1S/C23H25ClN4O2/c1-13-6-7-18(10-14(13)2)23(30)25-19-8-9-21(20(24)12-19)26-22(29)17(5)28-16(4)11-15(3)27-28/h6-12,17H,1-5H3,(H,25,30)(H,26,29). The lowest BCUT2D eigenvalue weighted by Crippen LogP contribution is -2.25. The van der Waals surface area contributed by atoms with Crippen molar-refractivity contribution in [2.75, 3.05) is 10.6 Å². The molecular formula is C23H25ClN4O2. The molecular weight excluding hydrogens is 400 g/mol. The van der Waals surface area contributed by atoms with E-state index >= 15 is 0 Å². The van der Waals surface area contributed by atoms with E-state index in [0.717, 1.165) is 22.5 Å². The molecule has 3 rings (SSSR count). The fourth-order valence-corrected chi connectivity index (χ4v) is 3.39. The van der Waals surface area contributed by atoms with E-state index < -0.39 is 6.04 Å². The number of nitrogens with one attached hydrogen (secondary N) is 2. The molecule has 156 valence electrons. The molecule has 0 aliphatic carbocycles. The summed E-state index contributed by atoms with van der Waals surface area (Å²) in [7, 11) is 0. The topological polar surface area (TPSA) is 76.0 Å². The van der Waals surface area contributed by atoms with E-state index in [1.807, 2.05) is 45.9 Å². The minimum Gasteiger partial charge on any atom is -0.323 e. The Morgan fingerprint density at radius 3 is 2.30 bits per heavy atom. The molecule has 1 heterocycles. The lowest BCUT2D eigenvalue weighted by molar-refractivity contribution is -0.119. The normalized spacial score (nSPS) is 11.8. The maximum atomic E-state index is 12.6. The van der Waals surface area contributed by atoms with Crippen molar-refractivity contribution in [3.05, 3.63) is 75.6 Å². The number of rotatable bonds is 5. The van der Waals surface area contributed by atoms with Crippen LogP contribution in [0.3, 0.4) is 0 Å². The maximum Gasteiger partial charge on any atom is 0.255 e. The third-order valence-electron chi connectivity index (χ3n) is 5.04. The van der Waals surface area contributed by atoms with E-state index in [1.165, 1.54) is 0 Å². The van der Waals surface area contributed by atoms with Gasteiger partial charge in [0.2, 0.25) is 5.91 Å². The number of benzene rings is 2. The summed E-state index contributed by atoms with van der Waals surface area (Å²) in [5.74, 6) is -0.445. The van der Waals surface area contributed by atoms with Crippen molar-refractivity contribution in [1.82, 2.24) is 9.78 Å². The molecule has 2 amide bonds. The van der Waals surface area contributed by atoms with Crippen molar-refractivity contribution >= 4 is 34.8 Å². The van der Waals surface area contributed by atoms with Gasteiger partial charge in [-0.05, 0) is 82.1 Å². The fraction of sp³-hybridized carbons (Fsp3) is 0.261. The van der Waals surface area contributed by atoms with Crippen LogP contribution in [-0.4, -0.2) is 21.6 Å². The Morgan fingerprint density at radius 1 is 0.967 bits per heavy atom. The molecule has 3 aromatic rings. The van der Waals surface area contributed by atoms with Crippen LogP contribution in [0.1, 0.15) is 45.8 Å². The van der Waals surface area contributed by atoms with Crippen molar-refractivity contribution in [2.24, 2.45) is 0 Å². The summed E-state index contributed by atoms with van der Waals surface area (Å²) in [4.78, 5) is 25.1. The zero-order valence-corrected chi connectivity index (χ0v) is 18.5. The second-order valence-corrected chi connectivity index (χ2v) is 7.89. The van der Waals surface area contributed by atoms with Crippen LogP contribution in [0.2, 0.25) is 5.02 Å². The number of aromatic nitrogens is 2. The molecule has 0 saturated carbocycles. The van der Waals surface area contributed by atoms with Gasteiger partial charge in [-0.3, -0.25) is 14.3 Å². The first kappa shape index (κ1) is 21.6. The van der Waals surface area contributed by atoms with Crippen molar-refractivity contribution in [1.29, 1.82) is 0 Å². The van der Waals surface area contributed by atoms with Crippen LogP contribution >= 0.6 is 11.6 Å². The van der Waals surface area contributed by atoms with Crippen molar-refractivity contribution in [3.63, 3.8) is 0 Å². The molecule has 6 nitrogen and oxygen atoms in total. The lowest BCUT2D eigenvalue weighted by Gasteiger charge is -2.16. The van der Waals surface area contributed by atoms with Gasteiger partial charge in [0.15, 0.2) is 0 Å². The zero-order valence-electron chi connectivity index (χ0n) is 17.7. The molecule has 0 saturated heterocycles. The SMILES string of the molecule is Cc1cc(C)n(C(C)C(=O)Nc2ccc(NC(=O)c3ccc(C)c(C)c3)cc2Cl)n1. The molecule has 0 radical (unpaired) electrons. The van der Waals surface area contributed by atoms with Crippen LogP contribution in [0.15, 0.2) is 42.5 Å². The van der Waals surface area contributed by atoms with E-state index in [4.69, 9.17) is 11.6 Å². The van der Waals surface area contributed by atoms with E-state index in [1.54, 1.807) is 35.9 Å². The van der Waals surface area contributed by atoms with E-state index in [-0.39, 0.29) is 11.8 Å². The van der Waals surface area contributed by atoms with E-state index in [9.17, 15) is 9.59 Å². The molecule has 1 atom stereocenters. The van der Waals surface area contributed by atoms with Crippen molar-refractivity contribution in [2.45, 2.75) is 40.7 Å². The molecule has 0 bridgehead atoms. The highest BCUT2D eigenvalue weighted by Crippen LogP contribution is 2.27. The number of anilines is 2. The number of carbonyl (C=O) groups excluding carboxylic acids is 2. The summed E-state index contributed by atoms with van der Waals surface area (Å²) in [6, 6.07) is 12.0. The quantitative estimate of drug-likeness (QED) is 0.589. The Kier molecular flexibility index (Phi) is 6.27. The van der Waals surface area contributed by atoms with Gasteiger partial charge in [-0.2, -0.15) is 5.10 Å². The first-order valence-electron chi connectivity index (χ1n) is 9.67. The predicted octanol–water partition coefficient (Wildman–Crippen LogP) is 5.22. The third-order valence-corrected chi connectivity index (χ3v) is 5.36. The minimum atomic E-state index is -0.487. The first-order chi connectivity index (χ1) is 14.2. The smallest absolute Gasteiger partial charge is 0.255 e. The molecule has 0 aliphatic rings. The van der Waals surface area contributed by atoms with Crippen molar-refractivity contribution < 1.29 is 9.59 Å². The fourth-order valence-electron chi connectivity index (χ4n) is 3.17. The highest BCUT2D eigenvalue weighted by atomic mass is 35.5. The average Bonchev–Trinajstić information content (AvgIpc) is 3.03. The Balaban J connectivity index is 1.70. The molecule has 0 spiro atoms. The van der Waals surface area contributed by atoms with Gasteiger partial charge in [0.1, 0.15) is 6.04 Å². The number of hydrogen-bond acceptors (Lipinski definition) is 3. The highest BCUT2D eigenvalue weighted by molar-refractivity contribution is 6.34. The second-order valence-electron chi connectivity index (χ2n) is 7.48. The van der Waals surface area contributed by atoms with Crippen LogP contribution < -0.4 is 10.6 Å². The van der Waals surface area contributed by atoms with Gasteiger partial charge in [0.25, 0.3) is 5.91 Å². The summed E-state index contributed by atoms with van der Waals surface area (Å²) in [5, 5.41) is 10.4. The van der Waals surface area contributed by atoms with Gasteiger partial charge >= 0.3 is 0 Å². The summed E-state index contributed by atoms with van der Waals surface area (Å²) in [5.41, 5.74) is 5.54. The van der Waals surface area contributed by atoms with E-state index in [0.29, 0.717) is 22.0 Å². The number of hydrogen-bond donors (Lipinski definition) is 2. The lowest BCUT2D eigenvalue weighted by atomic mass is 10.1. The predicted molar refractivity (Wildman–Crippen MR) is 120 cm³/mol. The third kappa shape index (κ3) is 4.71. The highest BCUT2D eigenvalue weighted by Gasteiger charge is 2.19. The average molecular weight is 425 g/mol. The molecule has 0 aliphatic heterocycles. The Hall–Kier alpha value is -3.12. The monoisotopic (exact) mass is 424 g/mol. The first-order valence-corrected chi connectivity index (χ1v) is 10.1. The Bertz CT molecular complexity index is 1120. The zero-order chi connectivity index (χ0) is 22.0. The summed E-state index contributed by atoms with van der Waals surface area (Å²) >= 11 is 6.35. The minimum absolute atomic E-state index is 0.218.